The molecule has 2 atom stereocenters. The molecule has 2 aromatic heterocycles. The minimum absolute atomic E-state index is 0.0904. The fourth-order valence-corrected chi connectivity index (χ4v) is 2.62. The summed E-state index contributed by atoms with van der Waals surface area (Å²) in [5.41, 5.74) is 2.18. The van der Waals surface area contributed by atoms with E-state index in [2.05, 4.69) is 28.3 Å². The van der Waals surface area contributed by atoms with Gasteiger partial charge in [-0.2, -0.15) is 0 Å². The van der Waals surface area contributed by atoms with Gasteiger partial charge in [-0.15, -0.1) is 0 Å². The van der Waals surface area contributed by atoms with Gasteiger partial charge in [0.2, 0.25) is 0 Å². The Bertz CT molecular complexity index is 573. The first-order valence-electron chi connectivity index (χ1n) is 6.54. The van der Waals surface area contributed by atoms with E-state index in [0.29, 0.717) is 13.0 Å². The molecule has 5 nitrogen and oxygen atoms in total. The van der Waals surface area contributed by atoms with Gasteiger partial charge in [0.25, 0.3) is 0 Å². The highest BCUT2D eigenvalue weighted by atomic mass is 16.3. The van der Waals surface area contributed by atoms with E-state index in [4.69, 9.17) is 0 Å². The molecule has 0 spiro atoms. The molecule has 1 aliphatic rings. The normalized spacial score (nSPS) is 22.9. The van der Waals surface area contributed by atoms with Crippen molar-refractivity contribution in [3.8, 4) is 5.82 Å². The number of pyridine rings is 1. The zero-order valence-electron chi connectivity index (χ0n) is 11.2. The molecular weight excluding hydrogens is 240 g/mol. The molecule has 2 aromatic rings. The largest absolute Gasteiger partial charge is 0.392 e. The first-order chi connectivity index (χ1) is 9.13. The minimum atomic E-state index is -0.289. The first-order valence-corrected chi connectivity index (χ1v) is 6.54. The Morgan fingerprint density at radius 3 is 2.89 bits per heavy atom. The highest BCUT2D eigenvalue weighted by molar-refractivity contribution is 5.32. The summed E-state index contributed by atoms with van der Waals surface area (Å²) >= 11 is 0. The summed E-state index contributed by atoms with van der Waals surface area (Å²) in [7, 11) is 0. The van der Waals surface area contributed by atoms with E-state index < -0.39 is 0 Å². The van der Waals surface area contributed by atoms with Crippen LogP contribution >= 0.6 is 0 Å². The molecule has 19 heavy (non-hydrogen) atoms. The van der Waals surface area contributed by atoms with Crippen LogP contribution in [0, 0.1) is 13.8 Å². The highest BCUT2D eigenvalue weighted by Crippen LogP contribution is 2.24. The number of hydrogen-bond donors (Lipinski definition) is 2. The molecule has 100 valence electrons. The van der Waals surface area contributed by atoms with E-state index >= 15 is 0 Å². The lowest BCUT2D eigenvalue weighted by molar-refractivity contribution is 0.193. The third-order valence-electron chi connectivity index (χ3n) is 3.42. The summed E-state index contributed by atoms with van der Waals surface area (Å²) in [6.45, 7) is 4.68. The monoisotopic (exact) mass is 258 g/mol. The maximum Gasteiger partial charge on any atom is 0.138 e. The van der Waals surface area contributed by atoms with Crippen molar-refractivity contribution in [3.63, 3.8) is 0 Å². The van der Waals surface area contributed by atoms with Crippen LogP contribution in [0.4, 0.5) is 0 Å². The van der Waals surface area contributed by atoms with E-state index in [9.17, 15) is 5.11 Å². The van der Waals surface area contributed by atoms with Crippen molar-refractivity contribution in [1.29, 1.82) is 0 Å². The zero-order chi connectivity index (χ0) is 13.4. The van der Waals surface area contributed by atoms with Gasteiger partial charge in [-0.3, -0.25) is 4.57 Å². The van der Waals surface area contributed by atoms with Gasteiger partial charge in [0.15, 0.2) is 0 Å². The van der Waals surface area contributed by atoms with Gasteiger partial charge in [0, 0.05) is 24.6 Å². The van der Waals surface area contributed by atoms with Crippen molar-refractivity contribution >= 4 is 0 Å². The number of nitrogens with zero attached hydrogens (tertiary/aromatic N) is 3. The molecule has 0 amide bonds. The lowest BCUT2D eigenvalue weighted by Crippen LogP contribution is -2.18. The van der Waals surface area contributed by atoms with Crippen LogP contribution in [0.1, 0.15) is 29.5 Å². The molecule has 3 heterocycles. The highest BCUT2D eigenvalue weighted by Gasteiger charge is 2.27. The van der Waals surface area contributed by atoms with Crippen LogP contribution in [0.2, 0.25) is 0 Å². The van der Waals surface area contributed by atoms with Crippen LogP contribution in [-0.2, 0) is 0 Å². The number of imidazole rings is 1. The Morgan fingerprint density at radius 2 is 2.21 bits per heavy atom. The van der Waals surface area contributed by atoms with Crippen molar-refractivity contribution in [1.82, 2.24) is 19.9 Å². The Labute approximate surface area is 112 Å². The fourth-order valence-electron chi connectivity index (χ4n) is 2.62. The van der Waals surface area contributed by atoms with Crippen molar-refractivity contribution in [2.75, 3.05) is 6.54 Å². The summed E-state index contributed by atoms with van der Waals surface area (Å²) < 4.78 is 2.00. The first kappa shape index (κ1) is 12.3. The van der Waals surface area contributed by atoms with Gasteiger partial charge in [-0.1, -0.05) is 0 Å². The average Bonchev–Trinajstić information content (AvgIpc) is 2.95. The topological polar surface area (TPSA) is 63.0 Å². The molecule has 0 unspecified atom stereocenters. The molecule has 0 saturated carbocycles. The van der Waals surface area contributed by atoms with Crippen LogP contribution < -0.4 is 5.32 Å². The van der Waals surface area contributed by atoms with E-state index in [1.165, 1.54) is 5.56 Å². The second-order valence-electron chi connectivity index (χ2n) is 5.15. The average molecular weight is 258 g/mol. The molecule has 1 fully saturated rings. The number of rotatable bonds is 2. The van der Waals surface area contributed by atoms with Crippen molar-refractivity contribution in [2.24, 2.45) is 0 Å². The SMILES string of the molecule is Cc1cc(C)nc(-n2ccnc2[C@@H]2C[C@H](O)CN2)c1. The van der Waals surface area contributed by atoms with Crippen LogP contribution in [-0.4, -0.2) is 32.3 Å². The predicted octanol–water partition coefficient (Wildman–Crippen LogP) is 1.28. The second kappa shape index (κ2) is 4.75. The lowest BCUT2D eigenvalue weighted by Gasteiger charge is -2.13. The summed E-state index contributed by atoms with van der Waals surface area (Å²) in [6.07, 6.45) is 4.11. The van der Waals surface area contributed by atoms with E-state index in [1.807, 2.05) is 23.8 Å². The number of hydrogen-bond acceptors (Lipinski definition) is 4. The number of aryl methyl sites for hydroxylation is 2. The van der Waals surface area contributed by atoms with E-state index in [1.54, 1.807) is 6.20 Å². The third-order valence-corrected chi connectivity index (χ3v) is 3.42. The van der Waals surface area contributed by atoms with Crippen LogP contribution in [0.3, 0.4) is 0 Å². The van der Waals surface area contributed by atoms with Crippen LogP contribution in [0.5, 0.6) is 0 Å². The van der Waals surface area contributed by atoms with Crippen molar-refractivity contribution in [2.45, 2.75) is 32.4 Å². The Balaban J connectivity index is 1.99. The minimum Gasteiger partial charge on any atom is -0.392 e. The van der Waals surface area contributed by atoms with Gasteiger partial charge >= 0.3 is 0 Å². The van der Waals surface area contributed by atoms with Crippen LogP contribution in [0.25, 0.3) is 5.82 Å². The lowest BCUT2D eigenvalue weighted by atomic mass is 10.2. The van der Waals surface area contributed by atoms with E-state index in [-0.39, 0.29) is 12.1 Å². The molecule has 1 aliphatic heterocycles. The maximum atomic E-state index is 9.63. The zero-order valence-corrected chi connectivity index (χ0v) is 11.2. The molecule has 0 bridgehead atoms. The van der Waals surface area contributed by atoms with Gasteiger partial charge in [0.1, 0.15) is 11.6 Å². The number of β-amino-alcohol motifs (C(OH)–C–C–N with tert-alkyl or cyclic N) is 1. The van der Waals surface area contributed by atoms with E-state index in [0.717, 1.165) is 17.3 Å². The number of aliphatic hydroxyl groups is 1. The summed E-state index contributed by atoms with van der Waals surface area (Å²) in [5.74, 6) is 1.79. The number of nitrogens with one attached hydrogen (secondary N) is 1. The van der Waals surface area contributed by atoms with Gasteiger partial charge in [-0.25, -0.2) is 9.97 Å². The number of aromatic nitrogens is 3. The third kappa shape index (κ3) is 2.39. The summed E-state index contributed by atoms with van der Waals surface area (Å²) in [5, 5.41) is 12.9. The molecule has 1 saturated heterocycles. The van der Waals surface area contributed by atoms with Crippen LogP contribution in [0.15, 0.2) is 24.5 Å². The van der Waals surface area contributed by atoms with Crippen molar-refractivity contribution < 1.29 is 5.11 Å². The smallest absolute Gasteiger partial charge is 0.138 e. The standard InChI is InChI=1S/C14H18N4O/c1-9-5-10(2)17-13(6-9)18-4-3-15-14(18)12-7-11(19)8-16-12/h3-6,11-12,16,19H,7-8H2,1-2H3/t11-,12-/m0/s1. The summed E-state index contributed by atoms with van der Waals surface area (Å²) in [4.78, 5) is 8.98. The Kier molecular flexibility index (Phi) is 3.08. The molecule has 3 rings (SSSR count). The van der Waals surface area contributed by atoms with Gasteiger partial charge in [-0.05, 0) is 38.0 Å². The molecule has 0 radical (unpaired) electrons. The molecule has 5 heteroatoms. The number of aliphatic hydroxyl groups excluding tert-OH is 1. The quantitative estimate of drug-likeness (QED) is 0.851. The fraction of sp³-hybridized carbons (Fsp3) is 0.429. The molecule has 0 aromatic carbocycles. The Morgan fingerprint density at radius 1 is 1.37 bits per heavy atom. The molecule has 2 N–H and O–H groups in total. The second-order valence-corrected chi connectivity index (χ2v) is 5.15. The molecular formula is C14H18N4O. The Hall–Kier alpha value is -1.72. The predicted molar refractivity (Wildman–Crippen MR) is 72.2 cm³/mol. The maximum absolute atomic E-state index is 9.63. The molecule has 0 aliphatic carbocycles. The van der Waals surface area contributed by atoms with Crippen molar-refractivity contribution in [3.05, 3.63) is 41.6 Å². The summed E-state index contributed by atoms with van der Waals surface area (Å²) in [6, 6.07) is 4.19. The van der Waals surface area contributed by atoms with Gasteiger partial charge < -0.3 is 10.4 Å². The van der Waals surface area contributed by atoms with Gasteiger partial charge in [0.05, 0.1) is 12.1 Å².